The van der Waals surface area contributed by atoms with Crippen LogP contribution in [-0.4, -0.2) is 68.7 Å². The summed E-state index contributed by atoms with van der Waals surface area (Å²) in [4.78, 5) is 11.2. The van der Waals surface area contributed by atoms with E-state index in [-0.39, 0.29) is 52.5 Å². The number of hydrogen-bond donors (Lipinski definition) is 4. The van der Waals surface area contributed by atoms with Crippen molar-refractivity contribution in [1.29, 1.82) is 0 Å². The van der Waals surface area contributed by atoms with Crippen LogP contribution in [0.2, 0.25) is 0 Å². The lowest BCUT2D eigenvalue weighted by Gasteiger charge is -2.36. The van der Waals surface area contributed by atoms with E-state index in [1.807, 2.05) is 0 Å². The second kappa shape index (κ2) is 11.1. The number of nitrogens with zero attached hydrogens (tertiary/aromatic N) is 2. The lowest BCUT2D eigenvalue weighted by atomic mass is 9.81. The number of primary amides is 1. The molecule has 1 aliphatic carbocycles. The minimum absolute atomic E-state index is 0.00361. The zero-order chi connectivity index (χ0) is 28.6. The van der Waals surface area contributed by atoms with Gasteiger partial charge in [-0.3, -0.25) is 9.48 Å². The van der Waals surface area contributed by atoms with Gasteiger partial charge in [-0.05, 0) is 74.9 Å². The van der Waals surface area contributed by atoms with Crippen LogP contribution in [0.5, 0.6) is 0 Å². The van der Waals surface area contributed by atoms with E-state index < -0.39 is 36.0 Å². The van der Waals surface area contributed by atoms with Crippen LogP contribution in [0.3, 0.4) is 0 Å². The van der Waals surface area contributed by atoms with Gasteiger partial charge in [0.15, 0.2) is 15.7 Å². The molecule has 1 aromatic heterocycles. The fourth-order valence-corrected chi connectivity index (χ4v) is 7.85. The smallest absolute Gasteiger partial charge is 0.365 e. The fraction of sp³-hybridized carbons (Fsp3) is 0.565. The lowest BCUT2D eigenvalue weighted by Crippen LogP contribution is -2.42. The van der Waals surface area contributed by atoms with E-state index in [4.69, 9.17) is 11.5 Å². The normalized spacial score (nSPS) is 25.4. The molecular weight excluding hydrogens is 561 g/mol. The van der Waals surface area contributed by atoms with Crippen molar-refractivity contribution in [2.45, 2.75) is 48.2 Å². The van der Waals surface area contributed by atoms with Crippen molar-refractivity contribution in [3.05, 3.63) is 36.0 Å². The molecule has 2 aromatic rings. The zero-order valence-corrected chi connectivity index (χ0v) is 22.5. The summed E-state index contributed by atoms with van der Waals surface area (Å²) in [6.07, 6.45) is 4.35. The van der Waals surface area contributed by atoms with E-state index in [1.54, 1.807) is 4.68 Å². The zero-order valence-electron chi connectivity index (χ0n) is 20.9. The Hall–Kier alpha value is -2.69. The first-order valence-corrected chi connectivity index (χ1v) is 15.7. The van der Waals surface area contributed by atoms with Crippen LogP contribution in [0, 0.1) is 11.8 Å². The monoisotopic (exact) mass is 592 g/mol. The molecule has 0 radical (unpaired) electrons. The van der Waals surface area contributed by atoms with E-state index in [0.29, 0.717) is 25.9 Å². The summed E-state index contributed by atoms with van der Waals surface area (Å²) < 4.78 is 86.7. The van der Waals surface area contributed by atoms with E-state index in [9.17, 15) is 34.8 Å². The standard InChI is InChI=1S/C23H31F3N6O5S2/c24-23(25,26)39(36,37)18-4-1-16(2-5-18)30-22-19(21(28)33)12-32(31-22)20-6-3-17(9-15(20)10-27)29-11-14-7-8-38(34,35)13-14/h1-2,4-5,12,14-15,17,20,29H,3,6-11,13,27H2,(H2,28,33)(H,30,31)/t14?,15-,17?,20+/m1/s1. The molecule has 16 heteroatoms. The average molecular weight is 593 g/mol. The largest absolute Gasteiger partial charge is 0.501 e. The van der Waals surface area contributed by atoms with E-state index in [1.165, 1.54) is 6.20 Å². The molecule has 2 aliphatic rings. The van der Waals surface area contributed by atoms with Crippen molar-refractivity contribution >= 4 is 37.1 Å². The summed E-state index contributed by atoms with van der Waals surface area (Å²) in [6, 6.07) is 3.91. The van der Waals surface area contributed by atoms with Gasteiger partial charge in [-0.25, -0.2) is 16.8 Å². The Balaban J connectivity index is 1.45. The number of anilines is 2. The number of nitrogens with two attached hydrogens (primary N) is 2. The highest BCUT2D eigenvalue weighted by molar-refractivity contribution is 7.92. The summed E-state index contributed by atoms with van der Waals surface area (Å²) in [5.74, 6) is -0.159. The number of nitrogens with one attached hydrogen (secondary N) is 2. The quantitative estimate of drug-likeness (QED) is 0.337. The third-order valence-electron chi connectivity index (χ3n) is 7.34. The molecule has 6 N–H and O–H groups in total. The van der Waals surface area contributed by atoms with Gasteiger partial charge in [0, 0.05) is 17.9 Å². The van der Waals surface area contributed by atoms with Crippen LogP contribution in [0.4, 0.5) is 24.7 Å². The first-order chi connectivity index (χ1) is 18.2. The van der Waals surface area contributed by atoms with Crippen LogP contribution in [0.25, 0.3) is 0 Å². The van der Waals surface area contributed by atoms with Gasteiger partial charge in [0.2, 0.25) is 0 Å². The Morgan fingerprint density at radius 2 is 1.85 bits per heavy atom. The van der Waals surface area contributed by atoms with Gasteiger partial charge in [0.25, 0.3) is 15.7 Å². The van der Waals surface area contributed by atoms with Crippen LogP contribution >= 0.6 is 0 Å². The van der Waals surface area contributed by atoms with Crippen LogP contribution in [-0.2, 0) is 19.7 Å². The molecule has 1 aromatic carbocycles. The molecule has 2 heterocycles. The van der Waals surface area contributed by atoms with Crippen LogP contribution in [0.15, 0.2) is 35.4 Å². The first kappa shape index (κ1) is 29.3. The third kappa shape index (κ3) is 6.56. The van der Waals surface area contributed by atoms with Crippen molar-refractivity contribution in [2.75, 3.05) is 29.9 Å². The van der Waals surface area contributed by atoms with Gasteiger partial charge in [-0.15, -0.1) is 0 Å². The van der Waals surface area contributed by atoms with Crippen molar-refractivity contribution < 1.29 is 34.8 Å². The molecular formula is C23H31F3N6O5S2. The highest BCUT2D eigenvalue weighted by atomic mass is 32.2. The highest BCUT2D eigenvalue weighted by Gasteiger charge is 2.46. The molecule has 4 atom stereocenters. The molecule has 0 bridgehead atoms. The Morgan fingerprint density at radius 3 is 2.41 bits per heavy atom. The number of carbonyl (C=O) groups is 1. The molecule has 1 saturated heterocycles. The second-order valence-corrected chi connectivity index (χ2v) is 14.3. The van der Waals surface area contributed by atoms with Crippen LogP contribution < -0.4 is 22.1 Å². The Bertz CT molecular complexity index is 1410. The van der Waals surface area contributed by atoms with Crippen molar-refractivity contribution in [3.63, 3.8) is 0 Å². The predicted molar refractivity (Wildman–Crippen MR) is 138 cm³/mol. The van der Waals surface area contributed by atoms with Gasteiger partial charge in [-0.2, -0.15) is 18.3 Å². The maximum atomic E-state index is 12.8. The van der Waals surface area contributed by atoms with Gasteiger partial charge in [0.05, 0.1) is 22.4 Å². The molecule has 2 fully saturated rings. The SMILES string of the molecule is NC[C@H]1CC(NCC2CCS(=O)(=O)C2)CC[C@@H]1n1cc(C(N)=O)c(Nc2ccc(S(=O)(=O)C(F)(F)F)cc2)n1. The molecule has 2 unspecified atom stereocenters. The number of benzene rings is 1. The van der Waals surface area contributed by atoms with Gasteiger partial charge >= 0.3 is 5.51 Å². The number of rotatable bonds is 9. The molecule has 1 aliphatic heterocycles. The number of alkyl halides is 3. The maximum absolute atomic E-state index is 12.8. The van der Waals surface area contributed by atoms with Gasteiger partial charge in [-0.1, -0.05) is 0 Å². The van der Waals surface area contributed by atoms with Crippen molar-refractivity contribution in [1.82, 2.24) is 15.1 Å². The van der Waals surface area contributed by atoms with E-state index in [0.717, 1.165) is 37.1 Å². The molecule has 0 spiro atoms. The molecule has 39 heavy (non-hydrogen) atoms. The second-order valence-electron chi connectivity index (χ2n) is 10.1. The van der Waals surface area contributed by atoms with Crippen molar-refractivity contribution in [3.8, 4) is 0 Å². The van der Waals surface area contributed by atoms with Gasteiger partial charge in [0.1, 0.15) is 5.56 Å². The molecule has 4 rings (SSSR count). The average Bonchev–Trinajstić information content (AvgIpc) is 3.44. The summed E-state index contributed by atoms with van der Waals surface area (Å²) in [5.41, 5.74) is 6.44. The lowest BCUT2D eigenvalue weighted by molar-refractivity contribution is -0.0436. The minimum Gasteiger partial charge on any atom is -0.365 e. The molecule has 11 nitrogen and oxygen atoms in total. The Kier molecular flexibility index (Phi) is 8.31. The minimum atomic E-state index is -5.49. The van der Waals surface area contributed by atoms with E-state index >= 15 is 0 Å². The van der Waals surface area contributed by atoms with Gasteiger partial charge < -0.3 is 22.1 Å². The Labute approximate surface area is 224 Å². The number of hydrogen-bond acceptors (Lipinski definition) is 9. The summed E-state index contributed by atoms with van der Waals surface area (Å²) in [7, 11) is -8.43. The summed E-state index contributed by atoms with van der Waals surface area (Å²) in [5, 5.41) is 10.8. The Morgan fingerprint density at radius 1 is 1.15 bits per heavy atom. The third-order valence-corrected chi connectivity index (χ3v) is 10.7. The number of aromatic nitrogens is 2. The first-order valence-electron chi connectivity index (χ1n) is 12.4. The predicted octanol–water partition coefficient (Wildman–Crippen LogP) is 1.71. The topological polar surface area (TPSA) is 179 Å². The van der Waals surface area contributed by atoms with Crippen LogP contribution in [0.1, 0.15) is 42.1 Å². The summed E-state index contributed by atoms with van der Waals surface area (Å²) in [6.45, 7) is 0.973. The highest BCUT2D eigenvalue weighted by Crippen LogP contribution is 2.35. The number of carbonyl (C=O) groups excluding carboxylic acids is 1. The number of sulfone groups is 2. The number of amides is 1. The van der Waals surface area contributed by atoms with E-state index in [2.05, 4.69) is 15.7 Å². The van der Waals surface area contributed by atoms with Crippen molar-refractivity contribution in [2.24, 2.45) is 23.3 Å². The molecule has 1 saturated carbocycles. The molecule has 1 amide bonds. The maximum Gasteiger partial charge on any atom is 0.501 e. The molecule has 216 valence electrons. The summed E-state index contributed by atoms with van der Waals surface area (Å²) >= 11 is 0. The fourth-order valence-electron chi connectivity index (χ4n) is 5.22. The number of halogens is 3.